The average molecular weight is 245 g/mol. The molecule has 1 atom stereocenters. The number of rotatable bonds is 4. The van der Waals surface area contributed by atoms with Crippen LogP contribution in [0, 0.1) is 5.82 Å². The second-order valence-electron chi connectivity index (χ2n) is 4.34. The van der Waals surface area contributed by atoms with Crippen LogP contribution >= 0.6 is 0 Å². The molecule has 0 radical (unpaired) electrons. The Morgan fingerprint density at radius 3 is 2.50 bits per heavy atom. The molecule has 3 nitrogen and oxygen atoms in total. The van der Waals surface area contributed by atoms with Gasteiger partial charge in [-0.15, -0.1) is 0 Å². The molecule has 1 unspecified atom stereocenters. The van der Waals surface area contributed by atoms with Gasteiger partial charge in [-0.25, -0.2) is 9.37 Å². The molecule has 0 saturated heterocycles. The van der Waals surface area contributed by atoms with E-state index in [4.69, 9.17) is 11.5 Å². The maximum Gasteiger partial charge on any atom is 0.126 e. The first-order chi connectivity index (χ1) is 8.65. The Morgan fingerprint density at radius 1 is 1.11 bits per heavy atom. The van der Waals surface area contributed by atoms with Crippen LogP contribution in [-0.4, -0.2) is 11.0 Å². The van der Waals surface area contributed by atoms with Crippen LogP contribution in [0.4, 0.5) is 10.2 Å². The highest BCUT2D eigenvalue weighted by molar-refractivity contribution is 5.39. The molecule has 0 saturated carbocycles. The van der Waals surface area contributed by atoms with Gasteiger partial charge in [0, 0.05) is 12.2 Å². The third-order valence-corrected chi connectivity index (χ3v) is 2.82. The molecule has 1 heterocycles. The van der Waals surface area contributed by atoms with Crippen LogP contribution in [0.5, 0.6) is 0 Å². The number of nitrogen functional groups attached to an aromatic ring is 1. The van der Waals surface area contributed by atoms with Crippen molar-refractivity contribution in [2.45, 2.75) is 18.9 Å². The van der Waals surface area contributed by atoms with Crippen LogP contribution in [0.2, 0.25) is 0 Å². The summed E-state index contributed by atoms with van der Waals surface area (Å²) < 4.78 is 12.8. The summed E-state index contributed by atoms with van der Waals surface area (Å²) in [7, 11) is 0. The summed E-state index contributed by atoms with van der Waals surface area (Å²) in [6, 6.07) is 10.1. The van der Waals surface area contributed by atoms with E-state index in [1.807, 2.05) is 12.1 Å². The molecule has 4 heteroatoms. The van der Waals surface area contributed by atoms with Crippen LogP contribution in [0.1, 0.15) is 11.1 Å². The molecule has 0 aliphatic heterocycles. The average Bonchev–Trinajstić information content (AvgIpc) is 2.35. The molecule has 4 N–H and O–H groups in total. The summed E-state index contributed by atoms with van der Waals surface area (Å²) >= 11 is 0. The number of aromatic nitrogens is 1. The van der Waals surface area contributed by atoms with Crippen molar-refractivity contribution in [1.29, 1.82) is 0 Å². The van der Waals surface area contributed by atoms with Gasteiger partial charge in [-0.1, -0.05) is 18.2 Å². The van der Waals surface area contributed by atoms with Gasteiger partial charge >= 0.3 is 0 Å². The predicted octanol–water partition coefficient (Wildman–Crippen LogP) is 1.92. The fourth-order valence-electron chi connectivity index (χ4n) is 1.90. The van der Waals surface area contributed by atoms with Crippen molar-refractivity contribution in [3.05, 3.63) is 59.5 Å². The van der Waals surface area contributed by atoms with Gasteiger partial charge in [-0.2, -0.15) is 0 Å². The summed E-state index contributed by atoms with van der Waals surface area (Å²) in [4.78, 5) is 4.02. The highest BCUT2D eigenvalue weighted by Crippen LogP contribution is 2.12. The number of anilines is 1. The molecule has 0 bridgehead atoms. The van der Waals surface area contributed by atoms with Crippen LogP contribution in [-0.2, 0) is 12.8 Å². The molecule has 0 aliphatic carbocycles. The first kappa shape index (κ1) is 12.5. The molecule has 2 rings (SSSR count). The normalized spacial score (nSPS) is 12.3. The zero-order valence-electron chi connectivity index (χ0n) is 10.0. The van der Waals surface area contributed by atoms with E-state index in [-0.39, 0.29) is 11.9 Å². The van der Waals surface area contributed by atoms with E-state index in [1.54, 1.807) is 18.3 Å². The van der Waals surface area contributed by atoms with E-state index in [0.717, 1.165) is 11.1 Å². The fraction of sp³-hybridized carbons (Fsp3) is 0.214. The summed E-state index contributed by atoms with van der Waals surface area (Å²) in [5, 5.41) is 0. The first-order valence-corrected chi connectivity index (χ1v) is 5.84. The number of nitrogens with zero attached hydrogens (tertiary/aromatic N) is 1. The Labute approximate surface area is 106 Å². The van der Waals surface area contributed by atoms with Crippen molar-refractivity contribution in [1.82, 2.24) is 4.98 Å². The van der Waals surface area contributed by atoms with Crippen molar-refractivity contribution >= 4 is 5.82 Å². The Bertz CT molecular complexity index is 511. The molecule has 0 aliphatic rings. The molecule has 94 valence electrons. The molecule has 0 spiro atoms. The van der Waals surface area contributed by atoms with Gasteiger partial charge < -0.3 is 11.5 Å². The number of benzene rings is 1. The third kappa shape index (κ3) is 3.28. The lowest BCUT2D eigenvalue weighted by Gasteiger charge is -2.12. The van der Waals surface area contributed by atoms with E-state index in [1.165, 1.54) is 12.1 Å². The van der Waals surface area contributed by atoms with Gasteiger partial charge in [-0.3, -0.25) is 0 Å². The van der Waals surface area contributed by atoms with Crippen molar-refractivity contribution in [3.63, 3.8) is 0 Å². The topological polar surface area (TPSA) is 64.9 Å². The van der Waals surface area contributed by atoms with Crippen LogP contribution in [0.15, 0.2) is 42.6 Å². The van der Waals surface area contributed by atoms with Gasteiger partial charge in [0.15, 0.2) is 0 Å². The van der Waals surface area contributed by atoms with Crippen LogP contribution in [0.25, 0.3) is 0 Å². The highest BCUT2D eigenvalue weighted by atomic mass is 19.1. The summed E-state index contributed by atoms with van der Waals surface area (Å²) in [5.41, 5.74) is 13.8. The van der Waals surface area contributed by atoms with Crippen molar-refractivity contribution in [2.75, 3.05) is 5.73 Å². The number of pyridine rings is 1. The van der Waals surface area contributed by atoms with Gasteiger partial charge in [0.05, 0.1) is 0 Å². The first-order valence-electron chi connectivity index (χ1n) is 5.84. The van der Waals surface area contributed by atoms with Gasteiger partial charge in [0.1, 0.15) is 11.6 Å². The standard InChI is InChI=1S/C14H16FN3/c15-12-5-3-10(4-6-12)8-13(16)9-11-2-1-7-18-14(11)17/h1-7,13H,8-9,16H2,(H2,17,18). The van der Waals surface area contributed by atoms with E-state index >= 15 is 0 Å². The van der Waals surface area contributed by atoms with E-state index < -0.39 is 0 Å². The highest BCUT2D eigenvalue weighted by Gasteiger charge is 2.08. The number of halogens is 1. The molecule has 0 fully saturated rings. The molecule has 0 amide bonds. The second kappa shape index (κ2) is 5.60. The summed E-state index contributed by atoms with van der Waals surface area (Å²) in [6.45, 7) is 0. The van der Waals surface area contributed by atoms with E-state index in [0.29, 0.717) is 18.7 Å². The lowest BCUT2D eigenvalue weighted by Crippen LogP contribution is -2.26. The lowest BCUT2D eigenvalue weighted by atomic mass is 10.0. The molecular weight excluding hydrogens is 229 g/mol. The van der Waals surface area contributed by atoms with E-state index in [9.17, 15) is 4.39 Å². The number of hydrogen-bond acceptors (Lipinski definition) is 3. The largest absolute Gasteiger partial charge is 0.383 e. The molecule has 2 aromatic rings. The zero-order valence-corrected chi connectivity index (χ0v) is 10.0. The van der Waals surface area contributed by atoms with Crippen molar-refractivity contribution in [2.24, 2.45) is 5.73 Å². The number of nitrogens with two attached hydrogens (primary N) is 2. The van der Waals surface area contributed by atoms with E-state index in [2.05, 4.69) is 4.98 Å². The lowest BCUT2D eigenvalue weighted by molar-refractivity contribution is 0.623. The smallest absolute Gasteiger partial charge is 0.126 e. The van der Waals surface area contributed by atoms with Gasteiger partial charge in [0.25, 0.3) is 0 Å². The Balaban J connectivity index is 1.99. The summed E-state index contributed by atoms with van der Waals surface area (Å²) in [6.07, 6.45) is 3.01. The summed E-state index contributed by atoms with van der Waals surface area (Å²) in [5.74, 6) is 0.288. The SMILES string of the molecule is Nc1ncccc1CC(N)Cc1ccc(F)cc1. The molecule has 1 aromatic heterocycles. The van der Waals surface area contributed by atoms with Crippen LogP contribution in [0.3, 0.4) is 0 Å². The van der Waals surface area contributed by atoms with Crippen LogP contribution < -0.4 is 11.5 Å². The molecular formula is C14H16FN3. The fourth-order valence-corrected chi connectivity index (χ4v) is 1.90. The minimum absolute atomic E-state index is 0.0537. The third-order valence-electron chi connectivity index (χ3n) is 2.82. The Kier molecular flexibility index (Phi) is 3.89. The maximum atomic E-state index is 12.8. The van der Waals surface area contributed by atoms with Gasteiger partial charge in [-0.05, 0) is 42.2 Å². The van der Waals surface area contributed by atoms with Crippen molar-refractivity contribution < 1.29 is 4.39 Å². The Morgan fingerprint density at radius 2 is 1.83 bits per heavy atom. The minimum atomic E-state index is -0.233. The Hall–Kier alpha value is -1.94. The quantitative estimate of drug-likeness (QED) is 0.864. The monoisotopic (exact) mass is 245 g/mol. The van der Waals surface area contributed by atoms with Gasteiger partial charge in [0.2, 0.25) is 0 Å². The number of hydrogen-bond donors (Lipinski definition) is 2. The van der Waals surface area contributed by atoms with Crippen molar-refractivity contribution in [3.8, 4) is 0 Å². The molecule has 18 heavy (non-hydrogen) atoms. The molecule has 1 aromatic carbocycles. The minimum Gasteiger partial charge on any atom is -0.383 e. The maximum absolute atomic E-state index is 12.8. The predicted molar refractivity (Wildman–Crippen MR) is 70.4 cm³/mol. The zero-order chi connectivity index (χ0) is 13.0. The second-order valence-corrected chi connectivity index (χ2v) is 4.34.